The zero-order valence-electron chi connectivity index (χ0n) is 11.7. The summed E-state index contributed by atoms with van der Waals surface area (Å²) in [5.74, 6) is 0.589. The van der Waals surface area contributed by atoms with Gasteiger partial charge in [0.2, 0.25) is 5.82 Å². The highest BCUT2D eigenvalue weighted by atomic mass is 35.5. The minimum atomic E-state index is -0.469. The van der Waals surface area contributed by atoms with Crippen LogP contribution >= 0.6 is 11.6 Å². The van der Waals surface area contributed by atoms with Crippen molar-refractivity contribution in [2.45, 2.75) is 0 Å². The normalized spacial score (nSPS) is 11.0. The van der Waals surface area contributed by atoms with Gasteiger partial charge in [-0.2, -0.15) is 4.98 Å². The molecule has 1 heterocycles. The maximum absolute atomic E-state index is 10.8. The van der Waals surface area contributed by atoms with Gasteiger partial charge in [0.05, 0.1) is 4.92 Å². The van der Waals surface area contributed by atoms with Crippen molar-refractivity contribution in [3.8, 4) is 11.4 Å². The van der Waals surface area contributed by atoms with Crippen LogP contribution in [0.2, 0.25) is 5.02 Å². The van der Waals surface area contributed by atoms with Gasteiger partial charge in [-0.15, -0.1) is 0 Å². The summed E-state index contributed by atoms with van der Waals surface area (Å²) in [7, 11) is 0. The molecule has 2 aromatic carbocycles. The van der Waals surface area contributed by atoms with E-state index in [-0.39, 0.29) is 5.69 Å². The molecule has 3 aromatic rings. The Morgan fingerprint density at radius 1 is 1.13 bits per heavy atom. The van der Waals surface area contributed by atoms with Gasteiger partial charge in [0, 0.05) is 28.8 Å². The highest BCUT2D eigenvalue weighted by Gasteiger charge is 2.11. The molecule has 0 N–H and O–H groups in total. The van der Waals surface area contributed by atoms with Gasteiger partial charge in [-0.3, -0.25) is 10.1 Å². The van der Waals surface area contributed by atoms with E-state index in [0.717, 1.165) is 5.56 Å². The average molecular weight is 328 g/mol. The predicted octanol–water partition coefficient (Wildman–Crippen LogP) is 4.47. The lowest BCUT2D eigenvalue weighted by Gasteiger charge is -1.94. The topological polar surface area (TPSA) is 82.1 Å². The van der Waals surface area contributed by atoms with Gasteiger partial charge in [-0.05, 0) is 23.8 Å². The van der Waals surface area contributed by atoms with Crippen LogP contribution in [0.1, 0.15) is 11.5 Å². The summed E-state index contributed by atoms with van der Waals surface area (Å²) in [5, 5.41) is 15.3. The number of nitro benzene ring substituents is 1. The second-order valence-corrected chi connectivity index (χ2v) is 5.09. The van der Waals surface area contributed by atoms with Crippen LogP contribution in [0, 0.1) is 10.1 Å². The van der Waals surface area contributed by atoms with Gasteiger partial charge in [-0.1, -0.05) is 41.0 Å². The number of nitrogens with zero attached hydrogens (tertiary/aromatic N) is 3. The SMILES string of the molecule is O=[N+]([O-])c1cccc(-c2noc(C=Cc3cccc(Cl)c3)n2)c1. The fourth-order valence-electron chi connectivity index (χ4n) is 1.96. The fourth-order valence-corrected chi connectivity index (χ4v) is 2.16. The Morgan fingerprint density at radius 2 is 1.96 bits per heavy atom. The van der Waals surface area contributed by atoms with E-state index in [2.05, 4.69) is 10.1 Å². The third-order valence-electron chi connectivity index (χ3n) is 3.02. The third-order valence-corrected chi connectivity index (χ3v) is 3.26. The van der Waals surface area contributed by atoms with E-state index in [4.69, 9.17) is 16.1 Å². The van der Waals surface area contributed by atoms with Crippen molar-refractivity contribution in [1.29, 1.82) is 0 Å². The molecule has 23 heavy (non-hydrogen) atoms. The largest absolute Gasteiger partial charge is 0.334 e. The van der Waals surface area contributed by atoms with Crippen molar-refractivity contribution in [3.05, 3.63) is 75.1 Å². The van der Waals surface area contributed by atoms with Crippen molar-refractivity contribution in [3.63, 3.8) is 0 Å². The molecular weight excluding hydrogens is 318 g/mol. The quantitative estimate of drug-likeness (QED) is 0.521. The molecule has 0 aliphatic carbocycles. The van der Waals surface area contributed by atoms with Crippen LogP contribution in [0.4, 0.5) is 5.69 Å². The summed E-state index contributed by atoms with van der Waals surface area (Å²) in [5.41, 5.74) is 1.39. The minimum Gasteiger partial charge on any atom is -0.334 e. The summed E-state index contributed by atoms with van der Waals surface area (Å²) in [6.07, 6.45) is 3.44. The summed E-state index contributed by atoms with van der Waals surface area (Å²) >= 11 is 5.91. The molecule has 6 nitrogen and oxygen atoms in total. The van der Waals surface area contributed by atoms with Crippen LogP contribution in [0.25, 0.3) is 23.5 Å². The number of halogens is 1. The maximum Gasteiger partial charge on any atom is 0.270 e. The number of nitro groups is 1. The molecular formula is C16H10ClN3O3. The van der Waals surface area contributed by atoms with E-state index in [1.165, 1.54) is 12.1 Å². The molecule has 0 aliphatic heterocycles. The van der Waals surface area contributed by atoms with Gasteiger partial charge in [0.25, 0.3) is 11.6 Å². The Balaban J connectivity index is 1.83. The van der Waals surface area contributed by atoms with Gasteiger partial charge in [-0.25, -0.2) is 0 Å². The molecule has 0 unspecified atom stereocenters. The molecule has 0 bridgehead atoms. The maximum atomic E-state index is 10.8. The van der Waals surface area contributed by atoms with Crippen LogP contribution < -0.4 is 0 Å². The highest BCUT2D eigenvalue weighted by molar-refractivity contribution is 6.30. The monoisotopic (exact) mass is 327 g/mol. The van der Waals surface area contributed by atoms with E-state index in [0.29, 0.717) is 22.3 Å². The number of non-ortho nitro benzene ring substituents is 1. The molecule has 7 heteroatoms. The van der Waals surface area contributed by atoms with Crippen LogP contribution in [-0.4, -0.2) is 15.1 Å². The first-order valence-corrected chi connectivity index (χ1v) is 7.02. The smallest absolute Gasteiger partial charge is 0.270 e. The third kappa shape index (κ3) is 3.61. The van der Waals surface area contributed by atoms with Crippen molar-refractivity contribution in [2.24, 2.45) is 0 Å². The second kappa shape index (κ2) is 6.41. The first kappa shape index (κ1) is 14.9. The van der Waals surface area contributed by atoms with Crippen molar-refractivity contribution < 1.29 is 9.45 Å². The Labute approximate surface area is 136 Å². The standard InChI is InChI=1S/C16H10ClN3O3/c17-13-5-1-3-11(9-13)7-8-15-18-16(19-23-15)12-4-2-6-14(10-12)20(21)22/h1-10H. The van der Waals surface area contributed by atoms with Gasteiger partial charge < -0.3 is 4.52 Å². The number of benzene rings is 2. The number of aromatic nitrogens is 2. The van der Waals surface area contributed by atoms with Gasteiger partial charge in [0.15, 0.2) is 0 Å². The molecule has 1 aromatic heterocycles. The number of hydrogen-bond donors (Lipinski definition) is 0. The second-order valence-electron chi connectivity index (χ2n) is 4.65. The molecule has 0 atom stereocenters. The van der Waals surface area contributed by atoms with Gasteiger partial charge in [0.1, 0.15) is 0 Å². The van der Waals surface area contributed by atoms with Crippen molar-refractivity contribution in [2.75, 3.05) is 0 Å². The Morgan fingerprint density at radius 3 is 2.74 bits per heavy atom. The average Bonchev–Trinajstić information content (AvgIpc) is 3.02. The van der Waals surface area contributed by atoms with E-state index < -0.39 is 4.92 Å². The lowest BCUT2D eigenvalue weighted by Crippen LogP contribution is -1.88. The van der Waals surface area contributed by atoms with E-state index in [1.54, 1.807) is 36.4 Å². The molecule has 0 amide bonds. The first-order valence-electron chi connectivity index (χ1n) is 6.64. The van der Waals surface area contributed by atoms with E-state index >= 15 is 0 Å². The summed E-state index contributed by atoms with van der Waals surface area (Å²) in [6.45, 7) is 0. The lowest BCUT2D eigenvalue weighted by molar-refractivity contribution is -0.384. The number of hydrogen-bond acceptors (Lipinski definition) is 5. The zero-order valence-corrected chi connectivity index (χ0v) is 12.5. The highest BCUT2D eigenvalue weighted by Crippen LogP contribution is 2.22. The molecule has 114 valence electrons. The first-order chi connectivity index (χ1) is 11.1. The molecule has 0 aliphatic rings. The van der Waals surface area contributed by atoms with Crippen LogP contribution in [0.15, 0.2) is 53.1 Å². The number of rotatable bonds is 4. The van der Waals surface area contributed by atoms with Crippen LogP contribution in [-0.2, 0) is 0 Å². The van der Waals surface area contributed by atoms with Gasteiger partial charge >= 0.3 is 0 Å². The molecule has 0 radical (unpaired) electrons. The van der Waals surface area contributed by atoms with E-state index in [9.17, 15) is 10.1 Å². The predicted molar refractivity (Wildman–Crippen MR) is 86.8 cm³/mol. The van der Waals surface area contributed by atoms with E-state index in [1.807, 2.05) is 12.1 Å². The zero-order chi connectivity index (χ0) is 16.2. The Bertz CT molecular complexity index is 890. The van der Waals surface area contributed by atoms with Crippen LogP contribution in [0.5, 0.6) is 0 Å². The summed E-state index contributed by atoms with van der Waals surface area (Å²) < 4.78 is 5.12. The fraction of sp³-hybridized carbons (Fsp3) is 0. The van der Waals surface area contributed by atoms with Crippen molar-refractivity contribution >= 4 is 29.4 Å². The minimum absolute atomic E-state index is 0.0247. The Hall–Kier alpha value is -2.99. The summed E-state index contributed by atoms with van der Waals surface area (Å²) in [4.78, 5) is 14.5. The van der Waals surface area contributed by atoms with Crippen LogP contribution in [0.3, 0.4) is 0 Å². The summed E-state index contributed by atoms with van der Waals surface area (Å²) in [6, 6.07) is 13.4. The molecule has 0 spiro atoms. The Kier molecular flexibility index (Phi) is 4.16. The molecule has 0 saturated heterocycles. The lowest BCUT2D eigenvalue weighted by atomic mass is 10.2. The van der Waals surface area contributed by atoms with Crippen molar-refractivity contribution in [1.82, 2.24) is 10.1 Å². The molecule has 3 rings (SSSR count). The molecule has 0 saturated carbocycles. The molecule has 0 fully saturated rings.